The monoisotopic (exact) mass is 280 g/mol. The minimum absolute atomic E-state index is 0.450. The summed E-state index contributed by atoms with van der Waals surface area (Å²) in [7, 11) is 2.22. The van der Waals surface area contributed by atoms with Crippen LogP contribution in [0.1, 0.15) is 44.2 Å². The van der Waals surface area contributed by atoms with Gasteiger partial charge in [0.05, 0.1) is 0 Å². The first kappa shape index (κ1) is 14.8. The molecule has 2 atom stereocenters. The number of hydrogen-bond donors (Lipinski definition) is 1. The Morgan fingerprint density at radius 2 is 2.00 bits per heavy atom. The molecule has 0 amide bonds. The highest BCUT2D eigenvalue weighted by atomic mass is 35.5. The second-order valence-corrected chi connectivity index (χ2v) is 6.05. The lowest BCUT2D eigenvalue weighted by atomic mass is 10.0. The van der Waals surface area contributed by atoms with Gasteiger partial charge in [-0.3, -0.25) is 0 Å². The summed E-state index contributed by atoms with van der Waals surface area (Å²) in [6.45, 7) is 4.68. The smallest absolute Gasteiger partial charge is 0.0406 e. The molecule has 1 aromatic carbocycles. The summed E-state index contributed by atoms with van der Waals surface area (Å²) < 4.78 is 0. The summed E-state index contributed by atoms with van der Waals surface area (Å²) in [4.78, 5) is 2.44. The molecule has 1 heterocycles. The van der Waals surface area contributed by atoms with E-state index in [-0.39, 0.29) is 0 Å². The number of halogens is 1. The van der Waals surface area contributed by atoms with E-state index in [0.717, 1.165) is 11.4 Å². The average Bonchev–Trinajstić information content (AvgIpc) is 2.62. The molecular weight excluding hydrogens is 256 g/mol. The molecule has 2 unspecified atom stereocenters. The number of benzene rings is 1. The molecule has 0 aromatic heterocycles. The van der Waals surface area contributed by atoms with Crippen LogP contribution in [0.2, 0.25) is 5.02 Å². The van der Waals surface area contributed by atoms with Crippen molar-refractivity contribution in [3.05, 3.63) is 34.9 Å². The van der Waals surface area contributed by atoms with Crippen molar-refractivity contribution in [1.82, 2.24) is 10.2 Å². The van der Waals surface area contributed by atoms with Crippen molar-refractivity contribution in [2.24, 2.45) is 0 Å². The first-order valence-electron chi connectivity index (χ1n) is 7.39. The highest BCUT2D eigenvalue weighted by Gasteiger charge is 2.18. The quantitative estimate of drug-likeness (QED) is 0.901. The highest BCUT2D eigenvalue weighted by Crippen LogP contribution is 2.22. The van der Waals surface area contributed by atoms with Crippen molar-refractivity contribution in [2.75, 3.05) is 20.1 Å². The van der Waals surface area contributed by atoms with E-state index in [1.54, 1.807) is 0 Å². The second-order valence-electron chi connectivity index (χ2n) is 5.61. The highest BCUT2D eigenvalue weighted by molar-refractivity contribution is 6.30. The molecule has 1 N–H and O–H groups in total. The minimum Gasteiger partial charge on any atom is -0.307 e. The molecule has 0 bridgehead atoms. The summed E-state index contributed by atoms with van der Waals surface area (Å²) in [5.74, 6) is 0. The largest absolute Gasteiger partial charge is 0.307 e. The standard InChI is InChI=1S/C16H25ClN2/c1-3-16(13-6-8-14(17)9-7-13)18-15-5-4-11-19(2)12-10-15/h6-9,15-16,18H,3-5,10-12H2,1-2H3. The maximum Gasteiger partial charge on any atom is 0.0406 e. The minimum atomic E-state index is 0.450. The molecule has 1 aliphatic rings. The van der Waals surface area contributed by atoms with Crippen molar-refractivity contribution >= 4 is 11.6 Å². The van der Waals surface area contributed by atoms with Gasteiger partial charge < -0.3 is 10.2 Å². The van der Waals surface area contributed by atoms with E-state index in [9.17, 15) is 0 Å². The molecule has 1 aromatic rings. The van der Waals surface area contributed by atoms with Crippen LogP contribution in [-0.4, -0.2) is 31.1 Å². The first-order valence-corrected chi connectivity index (χ1v) is 7.77. The van der Waals surface area contributed by atoms with E-state index in [1.807, 2.05) is 12.1 Å². The summed E-state index contributed by atoms with van der Waals surface area (Å²) in [6.07, 6.45) is 4.95. The lowest BCUT2D eigenvalue weighted by Crippen LogP contribution is -2.33. The van der Waals surface area contributed by atoms with Crippen LogP contribution in [-0.2, 0) is 0 Å². The van der Waals surface area contributed by atoms with E-state index in [0.29, 0.717) is 12.1 Å². The number of rotatable bonds is 4. The van der Waals surface area contributed by atoms with E-state index in [4.69, 9.17) is 11.6 Å². The number of hydrogen-bond acceptors (Lipinski definition) is 2. The molecule has 1 aliphatic heterocycles. The molecule has 1 fully saturated rings. The fourth-order valence-electron chi connectivity index (χ4n) is 2.84. The van der Waals surface area contributed by atoms with Gasteiger partial charge in [-0.15, -0.1) is 0 Å². The third-order valence-corrected chi connectivity index (χ3v) is 4.32. The summed E-state index contributed by atoms with van der Waals surface area (Å²) in [6, 6.07) is 9.36. The van der Waals surface area contributed by atoms with E-state index in [2.05, 4.69) is 36.3 Å². The molecule has 2 rings (SSSR count). The Morgan fingerprint density at radius 1 is 1.26 bits per heavy atom. The van der Waals surface area contributed by atoms with Crippen molar-refractivity contribution in [3.8, 4) is 0 Å². The zero-order chi connectivity index (χ0) is 13.7. The molecule has 1 saturated heterocycles. The van der Waals surface area contributed by atoms with Gasteiger partial charge in [0, 0.05) is 17.1 Å². The topological polar surface area (TPSA) is 15.3 Å². The van der Waals surface area contributed by atoms with E-state index < -0.39 is 0 Å². The Kier molecular flexibility index (Phi) is 5.68. The maximum absolute atomic E-state index is 5.96. The second kappa shape index (κ2) is 7.28. The summed E-state index contributed by atoms with van der Waals surface area (Å²) in [5, 5.41) is 4.65. The Morgan fingerprint density at radius 3 is 2.68 bits per heavy atom. The van der Waals surface area contributed by atoms with Gasteiger partial charge in [0.2, 0.25) is 0 Å². The van der Waals surface area contributed by atoms with Gasteiger partial charge in [-0.2, -0.15) is 0 Å². The van der Waals surface area contributed by atoms with Gasteiger partial charge in [0.1, 0.15) is 0 Å². The predicted octanol–water partition coefficient (Wildman–Crippen LogP) is 3.87. The zero-order valence-corrected chi connectivity index (χ0v) is 12.8. The Balaban J connectivity index is 1.96. The van der Waals surface area contributed by atoms with Crippen LogP contribution in [0.15, 0.2) is 24.3 Å². The van der Waals surface area contributed by atoms with Crippen molar-refractivity contribution in [3.63, 3.8) is 0 Å². The SMILES string of the molecule is CCC(NC1CCCN(C)CC1)c1ccc(Cl)cc1. The average molecular weight is 281 g/mol. The number of nitrogens with zero attached hydrogens (tertiary/aromatic N) is 1. The van der Waals surface area contributed by atoms with Gasteiger partial charge >= 0.3 is 0 Å². The lowest BCUT2D eigenvalue weighted by Gasteiger charge is -2.24. The van der Waals surface area contributed by atoms with Crippen LogP contribution in [0.5, 0.6) is 0 Å². The van der Waals surface area contributed by atoms with E-state index in [1.165, 1.54) is 37.9 Å². The Bertz CT molecular complexity index is 377. The molecule has 19 heavy (non-hydrogen) atoms. The van der Waals surface area contributed by atoms with Gasteiger partial charge in [0.25, 0.3) is 0 Å². The van der Waals surface area contributed by atoms with Crippen molar-refractivity contribution < 1.29 is 0 Å². The molecule has 0 aliphatic carbocycles. The fourth-order valence-corrected chi connectivity index (χ4v) is 2.96. The maximum atomic E-state index is 5.96. The van der Waals surface area contributed by atoms with Crippen LogP contribution in [0.4, 0.5) is 0 Å². The molecule has 106 valence electrons. The van der Waals surface area contributed by atoms with Crippen LogP contribution in [0, 0.1) is 0 Å². The van der Waals surface area contributed by atoms with Crippen molar-refractivity contribution in [2.45, 2.75) is 44.7 Å². The third-order valence-electron chi connectivity index (χ3n) is 4.07. The fraction of sp³-hybridized carbons (Fsp3) is 0.625. The van der Waals surface area contributed by atoms with Crippen LogP contribution >= 0.6 is 11.6 Å². The lowest BCUT2D eigenvalue weighted by molar-refractivity contribution is 0.337. The zero-order valence-electron chi connectivity index (χ0n) is 12.0. The Labute approximate surface area is 122 Å². The molecule has 0 spiro atoms. The molecule has 3 heteroatoms. The van der Waals surface area contributed by atoms with Gasteiger partial charge in [-0.05, 0) is 63.5 Å². The Hall–Kier alpha value is -0.570. The molecule has 0 saturated carbocycles. The predicted molar refractivity (Wildman–Crippen MR) is 82.8 cm³/mol. The summed E-state index contributed by atoms with van der Waals surface area (Å²) in [5.41, 5.74) is 1.35. The number of nitrogens with one attached hydrogen (secondary N) is 1. The van der Waals surface area contributed by atoms with Gasteiger partial charge in [-0.1, -0.05) is 30.7 Å². The van der Waals surface area contributed by atoms with Crippen molar-refractivity contribution in [1.29, 1.82) is 0 Å². The number of likely N-dealkylation sites (tertiary alicyclic amines) is 1. The first-order chi connectivity index (χ1) is 9.19. The van der Waals surface area contributed by atoms with Crippen LogP contribution < -0.4 is 5.32 Å². The third kappa shape index (κ3) is 4.48. The molecule has 0 radical (unpaired) electrons. The molecular formula is C16H25ClN2. The summed E-state index contributed by atoms with van der Waals surface area (Å²) >= 11 is 5.96. The molecule has 2 nitrogen and oxygen atoms in total. The van der Waals surface area contributed by atoms with Gasteiger partial charge in [0.15, 0.2) is 0 Å². The normalized spacial score (nSPS) is 23.0. The van der Waals surface area contributed by atoms with Crippen LogP contribution in [0.25, 0.3) is 0 Å². The van der Waals surface area contributed by atoms with Gasteiger partial charge in [-0.25, -0.2) is 0 Å². The van der Waals surface area contributed by atoms with Crippen LogP contribution in [0.3, 0.4) is 0 Å². The van der Waals surface area contributed by atoms with E-state index >= 15 is 0 Å².